The largest absolute Gasteiger partial charge is 0.352 e. The summed E-state index contributed by atoms with van der Waals surface area (Å²) in [7, 11) is 0. The van der Waals surface area contributed by atoms with E-state index in [9.17, 15) is 14.0 Å². The second-order valence-electron chi connectivity index (χ2n) is 6.60. The molecule has 0 spiro atoms. The van der Waals surface area contributed by atoms with Gasteiger partial charge in [0.05, 0.1) is 0 Å². The van der Waals surface area contributed by atoms with E-state index in [0.717, 1.165) is 36.9 Å². The van der Waals surface area contributed by atoms with E-state index in [1.165, 1.54) is 12.1 Å². The van der Waals surface area contributed by atoms with Gasteiger partial charge in [-0.3, -0.25) is 9.59 Å². The number of nitrogens with zero attached hydrogens (tertiary/aromatic N) is 1. The fraction of sp³-hybridized carbons (Fsp3) is 0.333. The molecular formula is C21H23FN2O2. The van der Waals surface area contributed by atoms with E-state index in [1.54, 1.807) is 24.3 Å². The Balaban J connectivity index is 1.42. The van der Waals surface area contributed by atoms with Gasteiger partial charge in [0.25, 0.3) is 5.91 Å². The predicted molar refractivity (Wildman–Crippen MR) is 98.1 cm³/mol. The minimum absolute atomic E-state index is 0.104. The summed E-state index contributed by atoms with van der Waals surface area (Å²) in [6.07, 6.45) is 3.16. The van der Waals surface area contributed by atoms with Crippen LogP contribution in [0.2, 0.25) is 0 Å². The summed E-state index contributed by atoms with van der Waals surface area (Å²) >= 11 is 0. The molecule has 136 valence electrons. The van der Waals surface area contributed by atoms with E-state index in [-0.39, 0.29) is 17.6 Å². The van der Waals surface area contributed by atoms with Crippen LogP contribution in [0.5, 0.6) is 0 Å². The molecule has 5 heteroatoms. The molecule has 1 saturated heterocycles. The molecule has 1 heterocycles. The summed E-state index contributed by atoms with van der Waals surface area (Å²) in [4.78, 5) is 25.7. The Kier molecular flexibility index (Phi) is 6.00. The monoisotopic (exact) mass is 354 g/mol. The van der Waals surface area contributed by atoms with Gasteiger partial charge in [-0.05, 0) is 54.7 Å². The van der Waals surface area contributed by atoms with Gasteiger partial charge in [-0.15, -0.1) is 0 Å². The van der Waals surface area contributed by atoms with Gasteiger partial charge in [0.2, 0.25) is 5.91 Å². The highest BCUT2D eigenvalue weighted by atomic mass is 19.1. The van der Waals surface area contributed by atoms with Crippen molar-refractivity contribution in [2.45, 2.75) is 32.2 Å². The van der Waals surface area contributed by atoms with E-state index in [0.29, 0.717) is 25.1 Å². The molecule has 0 aliphatic carbocycles. The molecule has 2 amide bonds. The molecule has 3 rings (SSSR count). The molecule has 0 atom stereocenters. The highest BCUT2D eigenvalue weighted by Crippen LogP contribution is 2.14. The second-order valence-corrected chi connectivity index (χ2v) is 6.60. The molecule has 0 aromatic heterocycles. The molecule has 0 unspecified atom stereocenters. The van der Waals surface area contributed by atoms with Crippen molar-refractivity contribution >= 4 is 11.8 Å². The van der Waals surface area contributed by atoms with Crippen LogP contribution in [0.25, 0.3) is 0 Å². The number of rotatable bonds is 7. The second kappa shape index (κ2) is 8.61. The maximum atomic E-state index is 12.9. The standard InChI is InChI=1S/C21H23FN2O2/c22-19-11-7-16(8-12-19)3-1-13-23-21(26)18-9-5-17(6-10-18)15-24-14-2-4-20(24)25/h5-12H,1-4,13-15H2,(H,23,26). The first-order valence-corrected chi connectivity index (χ1v) is 9.01. The SMILES string of the molecule is O=C(NCCCc1ccc(F)cc1)c1ccc(CN2CCCC2=O)cc1. The molecule has 2 aromatic rings. The number of carbonyl (C=O) groups excluding carboxylic acids is 2. The van der Waals surface area contributed by atoms with Crippen LogP contribution in [0.15, 0.2) is 48.5 Å². The molecular weight excluding hydrogens is 331 g/mol. The molecule has 4 nitrogen and oxygen atoms in total. The lowest BCUT2D eigenvalue weighted by atomic mass is 10.1. The molecule has 0 saturated carbocycles. The van der Waals surface area contributed by atoms with Gasteiger partial charge >= 0.3 is 0 Å². The van der Waals surface area contributed by atoms with Crippen molar-refractivity contribution in [3.05, 3.63) is 71.0 Å². The highest BCUT2D eigenvalue weighted by Gasteiger charge is 2.19. The van der Waals surface area contributed by atoms with E-state index in [1.807, 2.05) is 17.0 Å². The molecule has 1 fully saturated rings. The molecule has 2 aromatic carbocycles. The number of likely N-dealkylation sites (tertiary alicyclic amines) is 1. The summed E-state index contributed by atoms with van der Waals surface area (Å²) in [6.45, 7) is 1.99. The van der Waals surface area contributed by atoms with E-state index < -0.39 is 0 Å². The third-order valence-corrected chi connectivity index (χ3v) is 4.60. The van der Waals surface area contributed by atoms with Crippen molar-refractivity contribution in [2.24, 2.45) is 0 Å². The molecule has 0 radical (unpaired) electrons. The predicted octanol–water partition coefficient (Wildman–Crippen LogP) is 3.31. The zero-order chi connectivity index (χ0) is 18.4. The summed E-state index contributed by atoms with van der Waals surface area (Å²) in [6, 6.07) is 13.8. The molecule has 1 aliphatic rings. The average Bonchev–Trinajstić information content (AvgIpc) is 3.05. The van der Waals surface area contributed by atoms with Crippen LogP contribution in [0.3, 0.4) is 0 Å². The average molecular weight is 354 g/mol. The Bertz CT molecular complexity index is 757. The van der Waals surface area contributed by atoms with E-state index in [4.69, 9.17) is 0 Å². The first kappa shape index (κ1) is 18.1. The van der Waals surface area contributed by atoms with Crippen LogP contribution >= 0.6 is 0 Å². The number of hydrogen-bond donors (Lipinski definition) is 1. The number of halogens is 1. The van der Waals surface area contributed by atoms with Gasteiger partial charge < -0.3 is 10.2 Å². The van der Waals surface area contributed by atoms with Crippen molar-refractivity contribution in [2.75, 3.05) is 13.1 Å². The minimum Gasteiger partial charge on any atom is -0.352 e. The maximum absolute atomic E-state index is 12.9. The smallest absolute Gasteiger partial charge is 0.251 e. The maximum Gasteiger partial charge on any atom is 0.251 e. The summed E-state index contributed by atoms with van der Waals surface area (Å²) in [5.74, 6) is -0.138. The Morgan fingerprint density at radius 2 is 1.73 bits per heavy atom. The topological polar surface area (TPSA) is 49.4 Å². The lowest BCUT2D eigenvalue weighted by molar-refractivity contribution is -0.128. The third kappa shape index (κ3) is 4.91. The molecule has 1 aliphatic heterocycles. The lowest BCUT2D eigenvalue weighted by Gasteiger charge is -2.15. The van der Waals surface area contributed by atoms with Crippen LogP contribution in [0.4, 0.5) is 4.39 Å². The van der Waals surface area contributed by atoms with Gasteiger partial charge in [-0.25, -0.2) is 4.39 Å². The number of aryl methyl sites for hydroxylation is 1. The molecule has 0 bridgehead atoms. The highest BCUT2D eigenvalue weighted by molar-refractivity contribution is 5.94. The van der Waals surface area contributed by atoms with Crippen molar-refractivity contribution in [1.29, 1.82) is 0 Å². The van der Waals surface area contributed by atoms with E-state index in [2.05, 4.69) is 5.32 Å². The minimum atomic E-state index is -0.236. The van der Waals surface area contributed by atoms with Gasteiger partial charge in [-0.2, -0.15) is 0 Å². The van der Waals surface area contributed by atoms with Crippen molar-refractivity contribution in [3.8, 4) is 0 Å². The van der Waals surface area contributed by atoms with Crippen molar-refractivity contribution in [3.63, 3.8) is 0 Å². The summed E-state index contributed by atoms with van der Waals surface area (Å²) < 4.78 is 12.9. The Labute approximate surface area is 153 Å². The zero-order valence-electron chi connectivity index (χ0n) is 14.7. The number of nitrogens with one attached hydrogen (secondary N) is 1. The zero-order valence-corrected chi connectivity index (χ0v) is 14.7. The third-order valence-electron chi connectivity index (χ3n) is 4.60. The molecule has 26 heavy (non-hydrogen) atoms. The summed E-state index contributed by atoms with van der Waals surface area (Å²) in [5, 5.41) is 2.90. The normalized spacial score (nSPS) is 13.9. The number of hydrogen-bond acceptors (Lipinski definition) is 2. The van der Waals surface area contributed by atoms with Crippen molar-refractivity contribution in [1.82, 2.24) is 10.2 Å². The van der Waals surface area contributed by atoms with Crippen LogP contribution in [-0.2, 0) is 17.8 Å². The van der Waals surface area contributed by atoms with Gasteiger partial charge in [0.1, 0.15) is 5.82 Å². The van der Waals surface area contributed by atoms with Gasteiger partial charge in [0.15, 0.2) is 0 Å². The van der Waals surface area contributed by atoms with Gasteiger partial charge in [0, 0.05) is 31.6 Å². The first-order chi connectivity index (χ1) is 12.6. The quantitative estimate of drug-likeness (QED) is 0.776. The Morgan fingerprint density at radius 1 is 1.04 bits per heavy atom. The van der Waals surface area contributed by atoms with Crippen LogP contribution in [-0.4, -0.2) is 29.8 Å². The fourth-order valence-corrected chi connectivity index (χ4v) is 3.10. The van der Waals surface area contributed by atoms with Crippen LogP contribution in [0.1, 0.15) is 40.7 Å². The van der Waals surface area contributed by atoms with Crippen LogP contribution < -0.4 is 5.32 Å². The fourth-order valence-electron chi connectivity index (χ4n) is 3.10. The van der Waals surface area contributed by atoms with Gasteiger partial charge in [-0.1, -0.05) is 24.3 Å². The number of amides is 2. The molecule has 1 N–H and O–H groups in total. The Morgan fingerprint density at radius 3 is 2.38 bits per heavy atom. The van der Waals surface area contributed by atoms with Crippen LogP contribution in [0, 0.1) is 5.82 Å². The van der Waals surface area contributed by atoms with Crippen molar-refractivity contribution < 1.29 is 14.0 Å². The van der Waals surface area contributed by atoms with E-state index >= 15 is 0 Å². The number of benzene rings is 2. The summed E-state index contributed by atoms with van der Waals surface area (Å²) in [5.41, 5.74) is 2.71. The Hall–Kier alpha value is -2.69. The first-order valence-electron chi connectivity index (χ1n) is 9.01. The number of carbonyl (C=O) groups is 2. The lowest BCUT2D eigenvalue weighted by Crippen LogP contribution is -2.25.